The molecule has 0 saturated carbocycles. The zero-order chi connectivity index (χ0) is 15.7. The SMILES string of the molecule is CCNC(C)(CCCCOc1ccccc1C)C(=O)OC. The Balaban J connectivity index is 2.35. The van der Waals surface area contributed by atoms with Crippen LogP contribution in [-0.4, -0.2) is 31.8 Å². The summed E-state index contributed by atoms with van der Waals surface area (Å²) in [6.45, 7) is 7.32. The van der Waals surface area contributed by atoms with Gasteiger partial charge in [0.15, 0.2) is 0 Å². The molecule has 1 atom stereocenters. The van der Waals surface area contributed by atoms with Crippen molar-refractivity contribution >= 4 is 5.97 Å². The fourth-order valence-electron chi connectivity index (χ4n) is 2.36. The summed E-state index contributed by atoms with van der Waals surface area (Å²) >= 11 is 0. The van der Waals surface area contributed by atoms with Crippen molar-refractivity contribution in [1.29, 1.82) is 0 Å². The highest BCUT2D eigenvalue weighted by atomic mass is 16.5. The molecule has 4 nitrogen and oxygen atoms in total. The van der Waals surface area contributed by atoms with Gasteiger partial charge in [0.25, 0.3) is 0 Å². The van der Waals surface area contributed by atoms with Gasteiger partial charge in [-0.15, -0.1) is 0 Å². The zero-order valence-corrected chi connectivity index (χ0v) is 13.6. The maximum atomic E-state index is 11.8. The summed E-state index contributed by atoms with van der Waals surface area (Å²) in [5.74, 6) is 0.726. The van der Waals surface area contributed by atoms with Gasteiger partial charge in [0, 0.05) is 0 Å². The van der Waals surface area contributed by atoms with Gasteiger partial charge in [-0.25, -0.2) is 0 Å². The van der Waals surface area contributed by atoms with Crippen LogP contribution in [0.1, 0.15) is 38.7 Å². The molecule has 1 unspecified atom stereocenters. The van der Waals surface area contributed by atoms with Crippen molar-refractivity contribution in [3.8, 4) is 5.75 Å². The van der Waals surface area contributed by atoms with Crippen LogP contribution in [0.3, 0.4) is 0 Å². The monoisotopic (exact) mass is 293 g/mol. The van der Waals surface area contributed by atoms with E-state index in [1.807, 2.05) is 45.0 Å². The number of aryl methyl sites for hydroxylation is 1. The van der Waals surface area contributed by atoms with Crippen LogP contribution in [0.5, 0.6) is 5.75 Å². The zero-order valence-electron chi connectivity index (χ0n) is 13.6. The van der Waals surface area contributed by atoms with Crippen molar-refractivity contribution in [1.82, 2.24) is 5.32 Å². The molecular weight excluding hydrogens is 266 g/mol. The quantitative estimate of drug-likeness (QED) is 0.561. The van der Waals surface area contributed by atoms with E-state index in [-0.39, 0.29) is 5.97 Å². The lowest BCUT2D eigenvalue weighted by Crippen LogP contribution is -2.50. The second-order valence-corrected chi connectivity index (χ2v) is 5.43. The third-order valence-corrected chi connectivity index (χ3v) is 3.63. The number of nitrogens with one attached hydrogen (secondary N) is 1. The molecule has 4 heteroatoms. The molecule has 0 aromatic heterocycles. The number of hydrogen-bond acceptors (Lipinski definition) is 4. The molecule has 1 N–H and O–H groups in total. The smallest absolute Gasteiger partial charge is 0.325 e. The second kappa shape index (κ2) is 8.67. The van der Waals surface area contributed by atoms with Crippen LogP contribution < -0.4 is 10.1 Å². The molecule has 1 aromatic rings. The molecular formula is C17H27NO3. The minimum absolute atomic E-state index is 0.204. The number of benzene rings is 1. The molecule has 0 bridgehead atoms. The Bertz CT molecular complexity index is 447. The van der Waals surface area contributed by atoms with Crippen molar-refractivity contribution in [2.24, 2.45) is 0 Å². The van der Waals surface area contributed by atoms with Gasteiger partial charge >= 0.3 is 5.97 Å². The Hall–Kier alpha value is -1.55. The number of carbonyl (C=O) groups excluding carboxylic acids is 1. The predicted molar refractivity (Wildman–Crippen MR) is 84.6 cm³/mol. The lowest BCUT2D eigenvalue weighted by molar-refractivity contribution is -0.148. The molecule has 1 aromatic carbocycles. The van der Waals surface area contributed by atoms with Crippen LogP contribution in [-0.2, 0) is 9.53 Å². The van der Waals surface area contributed by atoms with Gasteiger partial charge in [-0.05, 0) is 51.3 Å². The van der Waals surface area contributed by atoms with Crippen molar-refractivity contribution < 1.29 is 14.3 Å². The van der Waals surface area contributed by atoms with Gasteiger partial charge in [-0.2, -0.15) is 0 Å². The Morgan fingerprint density at radius 1 is 1.29 bits per heavy atom. The fourth-order valence-corrected chi connectivity index (χ4v) is 2.36. The number of para-hydroxylation sites is 1. The molecule has 0 saturated heterocycles. The summed E-state index contributed by atoms with van der Waals surface area (Å²) in [5, 5.41) is 3.21. The summed E-state index contributed by atoms with van der Waals surface area (Å²) in [6.07, 6.45) is 2.56. The van der Waals surface area contributed by atoms with Gasteiger partial charge in [0.1, 0.15) is 11.3 Å². The Morgan fingerprint density at radius 2 is 2.00 bits per heavy atom. The number of likely N-dealkylation sites (N-methyl/N-ethyl adjacent to an activating group) is 1. The average molecular weight is 293 g/mol. The van der Waals surface area contributed by atoms with Gasteiger partial charge < -0.3 is 14.8 Å². The van der Waals surface area contributed by atoms with E-state index in [0.717, 1.165) is 37.1 Å². The molecule has 0 radical (unpaired) electrons. The Morgan fingerprint density at radius 3 is 2.62 bits per heavy atom. The molecule has 0 heterocycles. The Labute approximate surface area is 127 Å². The third kappa shape index (κ3) is 5.38. The topological polar surface area (TPSA) is 47.6 Å². The highest BCUT2D eigenvalue weighted by molar-refractivity contribution is 5.80. The molecule has 1 rings (SSSR count). The van der Waals surface area contributed by atoms with E-state index in [1.54, 1.807) is 0 Å². The maximum absolute atomic E-state index is 11.8. The highest BCUT2D eigenvalue weighted by Gasteiger charge is 2.32. The number of carbonyl (C=O) groups is 1. The van der Waals surface area contributed by atoms with Crippen LogP contribution in [0.2, 0.25) is 0 Å². The first-order chi connectivity index (χ1) is 10.0. The normalized spacial score (nSPS) is 13.5. The van der Waals surface area contributed by atoms with Gasteiger partial charge in [0.2, 0.25) is 0 Å². The highest BCUT2D eigenvalue weighted by Crippen LogP contribution is 2.18. The largest absolute Gasteiger partial charge is 0.493 e. The van der Waals surface area contributed by atoms with E-state index < -0.39 is 5.54 Å². The molecule has 21 heavy (non-hydrogen) atoms. The number of rotatable bonds is 9. The molecule has 118 valence electrons. The van der Waals surface area contributed by atoms with Crippen molar-refractivity contribution in [2.75, 3.05) is 20.3 Å². The van der Waals surface area contributed by atoms with Crippen molar-refractivity contribution in [2.45, 2.75) is 45.6 Å². The minimum atomic E-state index is -0.605. The molecule has 0 aliphatic rings. The van der Waals surface area contributed by atoms with E-state index in [1.165, 1.54) is 7.11 Å². The molecule has 0 aliphatic heterocycles. The number of ether oxygens (including phenoxy) is 2. The number of esters is 1. The first-order valence-electron chi connectivity index (χ1n) is 7.55. The first kappa shape index (κ1) is 17.5. The molecule has 0 aliphatic carbocycles. The fraction of sp³-hybridized carbons (Fsp3) is 0.588. The minimum Gasteiger partial charge on any atom is -0.493 e. The first-order valence-corrected chi connectivity index (χ1v) is 7.55. The van der Waals surface area contributed by atoms with Gasteiger partial charge in [-0.1, -0.05) is 25.1 Å². The predicted octanol–water partition coefficient (Wildman–Crippen LogP) is 3.09. The van der Waals surface area contributed by atoms with E-state index in [4.69, 9.17) is 9.47 Å². The number of methoxy groups -OCH3 is 1. The summed E-state index contributed by atoms with van der Waals surface area (Å²) in [4.78, 5) is 11.8. The molecule has 0 spiro atoms. The van der Waals surface area contributed by atoms with Crippen molar-refractivity contribution in [3.63, 3.8) is 0 Å². The number of unbranched alkanes of at least 4 members (excludes halogenated alkanes) is 1. The van der Waals surface area contributed by atoms with Crippen LogP contribution in [0.4, 0.5) is 0 Å². The summed E-state index contributed by atoms with van der Waals surface area (Å²) in [7, 11) is 1.43. The van der Waals surface area contributed by atoms with E-state index in [2.05, 4.69) is 5.32 Å². The summed E-state index contributed by atoms with van der Waals surface area (Å²) in [5.41, 5.74) is 0.538. The van der Waals surface area contributed by atoms with Crippen LogP contribution in [0.15, 0.2) is 24.3 Å². The number of hydrogen-bond donors (Lipinski definition) is 1. The second-order valence-electron chi connectivity index (χ2n) is 5.43. The molecule has 0 fully saturated rings. The lowest BCUT2D eigenvalue weighted by Gasteiger charge is -2.27. The van der Waals surface area contributed by atoms with E-state index in [9.17, 15) is 4.79 Å². The van der Waals surface area contributed by atoms with Gasteiger partial charge in [0.05, 0.1) is 13.7 Å². The lowest BCUT2D eigenvalue weighted by atomic mass is 9.95. The molecule has 0 amide bonds. The van der Waals surface area contributed by atoms with E-state index >= 15 is 0 Å². The van der Waals surface area contributed by atoms with Crippen molar-refractivity contribution in [3.05, 3.63) is 29.8 Å². The van der Waals surface area contributed by atoms with E-state index in [0.29, 0.717) is 6.61 Å². The summed E-state index contributed by atoms with van der Waals surface area (Å²) < 4.78 is 10.6. The standard InChI is InChI=1S/C17H27NO3/c1-5-18-17(3,16(19)20-4)12-8-9-13-21-15-11-7-6-10-14(15)2/h6-7,10-11,18H,5,8-9,12-13H2,1-4H3. The maximum Gasteiger partial charge on any atom is 0.325 e. The van der Waals surface area contributed by atoms with Gasteiger partial charge in [-0.3, -0.25) is 4.79 Å². The average Bonchev–Trinajstić information content (AvgIpc) is 2.48. The third-order valence-electron chi connectivity index (χ3n) is 3.63. The summed E-state index contributed by atoms with van der Waals surface area (Å²) in [6, 6.07) is 7.99. The van der Waals surface area contributed by atoms with Crippen LogP contribution >= 0.6 is 0 Å². The van der Waals surface area contributed by atoms with Crippen LogP contribution in [0.25, 0.3) is 0 Å². The Kier molecular flexibility index (Phi) is 7.23. The van der Waals surface area contributed by atoms with Crippen LogP contribution in [0, 0.1) is 6.92 Å².